The van der Waals surface area contributed by atoms with Gasteiger partial charge >= 0.3 is 0 Å². The monoisotopic (exact) mass is 502 g/mol. The molecular weight excluding hydrogens is 476 g/mol. The highest BCUT2D eigenvalue weighted by atomic mass is 15.0. The third-order valence-corrected chi connectivity index (χ3v) is 7.39. The normalized spacial score (nSPS) is 13.1. The Balaban J connectivity index is 1.53. The van der Waals surface area contributed by atoms with Crippen molar-refractivity contribution in [2.75, 3.05) is 0 Å². The summed E-state index contributed by atoms with van der Waals surface area (Å²) in [6.07, 6.45) is 0. The summed E-state index contributed by atoms with van der Waals surface area (Å²) in [5.74, 6) is 0. The van der Waals surface area contributed by atoms with Gasteiger partial charge < -0.3 is 0 Å². The van der Waals surface area contributed by atoms with E-state index in [9.17, 15) is 0 Å². The molecule has 4 aromatic carbocycles. The molecular formula is C35H26N4. The zero-order chi connectivity index (χ0) is 26.4. The Morgan fingerprint density at radius 1 is 0.333 bits per heavy atom. The minimum absolute atomic E-state index is 0.470. The number of nitrogens with zero attached hydrogens (tertiary/aromatic N) is 4. The molecule has 0 aliphatic heterocycles. The van der Waals surface area contributed by atoms with Crippen molar-refractivity contribution < 1.29 is 0 Å². The van der Waals surface area contributed by atoms with Crippen molar-refractivity contribution in [1.82, 2.24) is 19.9 Å². The maximum Gasteiger partial charge on any atom is 0.114 e. The lowest BCUT2D eigenvalue weighted by molar-refractivity contribution is 0.614. The minimum atomic E-state index is -0.470. The summed E-state index contributed by atoms with van der Waals surface area (Å²) in [5.41, 5.74) is 10.5. The summed E-state index contributed by atoms with van der Waals surface area (Å²) in [6, 6.07) is 41.1. The summed E-state index contributed by atoms with van der Waals surface area (Å²) < 4.78 is 0. The van der Waals surface area contributed by atoms with E-state index < -0.39 is 5.41 Å². The highest BCUT2D eigenvalue weighted by Gasteiger charge is 2.43. The van der Waals surface area contributed by atoms with E-state index in [0.717, 1.165) is 67.8 Å². The van der Waals surface area contributed by atoms with Crippen molar-refractivity contribution >= 4 is 0 Å². The number of hydrogen-bond acceptors (Lipinski definition) is 4. The smallest absolute Gasteiger partial charge is 0.114 e. The molecule has 39 heavy (non-hydrogen) atoms. The zero-order valence-electron chi connectivity index (χ0n) is 21.8. The van der Waals surface area contributed by atoms with Gasteiger partial charge in [-0.3, -0.25) is 0 Å². The third kappa shape index (κ3) is 3.84. The molecule has 0 bridgehead atoms. The van der Waals surface area contributed by atoms with Crippen molar-refractivity contribution in [1.29, 1.82) is 0 Å². The van der Waals surface area contributed by atoms with Crippen LogP contribution in [0, 0.1) is 0 Å². The fourth-order valence-electron chi connectivity index (χ4n) is 5.37. The summed E-state index contributed by atoms with van der Waals surface area (Å²) in [7, 11) is 0. The molecule has 1 aliphatic rings. The van der Waals surface area contributed by atoms with E-state index in [2.05, 4.69) is 62.4 Å². The lowest BCUT2D eigenvalue weighted by atomic mass is 9.88. The molecule has 0 spiro atoms. The van der Waals surface area contributed by atoms with Crippen molar-refractivity contribution in [2.45, 2.75) is 19.3 Å². The first kappa shape index (κ1) is 23.2. The van der Waals surface area contributed by atoms with E-state index >= 15 is 0 Å². The molecule has 6 aromatic rings. The Kier molecular flexibility index (Phi) is 5.41. The first-order valence-corrected chi connectivity index (χ1v) is 13.2. The summed E-state index contributed by atoms with van der Waals surface area (Å²) in [6.45, 7) is 4.35. The lowest BCUT2D eigenvalue weighted by Gasteiger charge is -2.21. The van der Waals surface area contributed by atoms with Crippen LogP contribution in [0.5, 0.6) is 0 Å². The molecule has 186 valence electrons. The number of rotatable bonds is 4. The zero-order valence-corrected chi connectivity index (χ0v) is 21.8. The number of hydrogen-bond donors (Lipinski definition) is 0. The second kappa shape index (κ2) is 9.10. The van der Waals surface area contributed by atoms with Crippen LogP contribution in [0.25, 0.3) is 56.4 Å². The van der Waals surface area contributed by atoms with E-state index in [4.69, 9.17) is 19.9 Å². The van der Waals surface area contributed by atoms with Crippen molar-refractivity contribution in [2.24, 2.45) is 0 Å². The molecule has 0 saturated heterocycles. The SMILES string of the molecule is CC1(C)c2nc(-c3ccccc3)c(-c3ccccc3)nc2-c2nc(-c3ccccc3)c(-c3ccccc3)nc21. The fraction of sp³-hybridized carbons (Fsp3) is 0.0857. The molecule has 4 nitrogen and oxygen atoms in total. The summed E-state index contributed by atoms with van der Waals surface area (Å²) in [5, 5.41) is 0. The van der Waals surface area contributed by atoms with Crippen LogP contribution in [0.1, 0.15) is 25.2 Å². The van der Waals surface area contributed by atoms with Crippen LogP contribution >= 0.6 is 0 Å². The predicted molar refractivity (Wildman–Crippen MR) is 157 cm³/mol. The van der Waals surface area contributed by atoms with E-state index in [1.54, 1.807) is 0 Å². The molecule has 0 N–H and O–H groups in total. The molecule has 1 aliphatic carbocycles. The molecule has 0 fully saturated rings. The van der Waals surface area contributed by atoms with Gasteiger partial charge in [0.2, 0.25) is 0 Å². The number of benzene rings is 4. The third-order valence-electron chi connectivity index (χ3n) is 7.39. The Labute approximate surface area is 228 Å². The maximum atomic E-state index is 5.33. The van der Waals surface area contributed by atoms with Crippen LogP contribution < -0.4 is 0 Å². The van der Waals surface area contributed by atoms with Crippen LogP contribution in [0.4, 0.5) is 0 Å². The van der Waals surface area contributed by atoms with Crippen LogP contribution in [0.3, 0.4) is 0 Å². The quantitative estimate of drug-likeness (QED) is 0.244. The van der Waals surface area contributed by atoms with Gasteiger partial charge in [0.15, 0.2) is 0 Å². The average molecular weight is 503 g/mol. The average Bonchev–Trinajstić information content (AvgIpc) is 3.22. The molecule has 4 heteroatoms. The van der Waals surface area contributed by atoms with Gasteiger partial charge in [0.1, 0.15) is 11.4 Å². The van der Waals surface area contributed by atoms with Gasteiger partial charge in [-0.2, -0.15) is 0 Å². The van der Waals surface area contributed by atoms with Gasteiger partial charge in [-0.25, -0.2) is 19.9 Å². The first-order chi connectivity index (χ1) is 19.1. The highest BCUT2D eigenvalue weighted by molar-refractivity contribution is 5.86. The Morgan fingerprint density at radius 2 is 0.590 bits per heavy atom. The van der Waals surface area contributed by atoms with E-state index in [1.165, 1.54) is 0 Å². The van der Waals surface area contributed by atoms with Gasteiger partial charge in [-0.05, 0) is 13.8 Å². The molecule has 2 heterocycles. The standard InChI is InChI=1S/C35H26N4/c1-35(2)33-31(36-27(23-15-7-3-8-16-23)29(38-33)25-19-11-5-12-20-25)32-34(35)39-30(26-21-13-6-14-22-26)28(37-32)24-17-9-4-10-18-24/h3-22H,1-2H3. The minimum Gasteiger partial charge on any atom is -0.247 e. The molecule has 2 aromatic heterocycles. The van der Waals surface area contributed by atoms with E-state index in [-0.39, 0.29) is 0 Å². The maximum absolute atomic E-state index is 5.33. The van der Waals surface area contributed by atoms with Gasteiger partial charge in [-0.1, -0.05) is 121 Å². The lowest BCUT2D eigenvalue weighted by Crippen LogP contribution is -2.19. The molecule has 7 rings (SSSR count). The first-order valence-electron chi connectivity index (χ1n) is 13.2. The molecule has 0 amide bonds. The Morgan fingerprint density at radius 3 is 0.872 bits per heavy atom. The van der Waals surface area contributed by atoms with Crippen LogP contribution in [-0.2, 0) is 5.41 Å². The van der Waals surface area contributed by atoms with Crippen LogP contribution in [-0.4, -0.2) is 19.9 Å². The van der Waals surface area contributed by atoms with Gasteiger partial charge in [-0.15, -0.1) is 0 Å². The van der Waals surface area contributed by atoms with E-state index in [0.29, 0.717) is 0 Å². The Bertz CT molecular complexity index is 1660. The van der Waals surface area contributed by atoms with Gasteiger partial charge in [0.05, 0.1) is 39.6 Å². The molecule has 0 saturated carbocycles. The second-order valence-corrected chi connectivity index (χ2v) is 10.3. The largest absolute Gasteiger partial charge is 0.247 e. The van der Waals surface area contributed by atoms with Crippen LogP contribution in [0.2, 0.25) is 0 Å². The summed E-state index contributed by atoms with van der Waals surface area (Å²) in [4.78, 5) is 21.3. The predicted octanol–water partition coefficient (Wildman–Crippen LogP) is 8.24. The molecule has 0 atom stereocenters. The number of aromatic nitrogens is 4. The van der Waals surface area contributed by atoms with Gasteiger partial charge in [0.25, 0.3) is 0 Å². The highest BCUT2D eigenvalue weighted by Crippen LogP contribution is 2.48. The van der Waals surface area contributed by atoms with Crippen molar-refractivity contribution in [3.05, 3.63) is 133 Å². The van der Waals surface area contributed by atoms with Gasteiger partial charge in [0, 0.05) is 22.3 Å². The summed E-state index contributed by atoms with van der Waals surface area (Å²) >= 11 is 0. The molecule has 0 radical (unpaired) electrons. The number of fused-ring (bicyclic) bond motifs is 3. The van der Waals surface area contributed by atoms with E-state index in [1.807, 2.05) is 72.8 Å². The second-order valence-electron chi connectivity index (χ2n) is 10.3. The fourth-order valence-corrected chi connectivity index (χ4v) is 5.37. The van der Waals surface area contributed by atoms with Crippen molar-refractivity contribution in [3.8, 4) is 56.4 Å². The topological polar surface area (TPSA) is 51.6 Å². The van der Waals surface area contributed by atoms with Crippen LogP contribution in [0.15, 0.2) is 121 Å². The van der Waals surface area contributed by atoms with Crippen molar-refractivity contribution in [3.63, 3.8) is 0 Å². The molecule has 0 unspecified atom stereocenters. The Hall–Kier alpha value is -4.96.